The third-order valence-electron chi connectivity index (χ3n) is 2.80. The predicted molar refractivity (Wildman–Crippen MR) is 85.6 cm³/mol. The fraction of sp³-hybridized carbons (Fsp3) is 0.417. The zero-order valence-corrected chi connectivity index (χ0v) is 14.0. The number of hydrogen-bond donors (Lipinski definition) is 0. The maximum atomic E-state index is 12.0. The van der Waals surface area contributed by atoms with Gasteiger partial charge in [-0.15, -0.1) is 0 Å². The van der Waals surface area contributed by atoms with E-state index in [9.17, 15) is 9.59 Å². The average Bonchev–Trinajstić information content (AvgIpc) is 2.72. The number of hydrogen-bond acceptors (Lipinski definition) is 4. The van der Waals surface area contributed by atoms with Gasteiger partial charge in [0.2, 0.25) is 5.91 Å². The molecule has 4 nitrogen and oxygen atoms in total. The molecule has 2 rings (SSSR count). The lowest BCUT2D eigenvalue weighted by atomic mass is 10.1. The van der Waals surface area contributed by atoms with Gasteiger partial charge in [0.05, 0.1) is 8.59 Å². The van der Waals surface area contributed by atoms with E-state index in [2.05, 4.69) is 27.6 Å². The van der Waals surface area contributed by atoms with Crippen molar-refractivity contribution in [3.8, 4) is 0 Å². The molecule has 0 N–H and O–H groups in total. The Labute approximate surface area is 134 Å². The van der Waals surface area contributed by atoms with Gasteiger partial charge in [-0.05, 0) is 28.5 Å². The third-order valence-corrected chi connectivity index (χ3v) is 5.33. The SMILES string of the molecule is CC(=O)SCC1CC(=O)N(c2cc(Cl)c(I)cn2)C1. The van der Waals surface area contributed by atoms with Crippen molar-refractivity contribution in [1.29, 1.82) is 0 Å². The van der Waals surface area contributed by atoms with Crippen LogP contribution in [0.4, 0.5) is 5.82 Å². The number of anilines is 1. The van der Waals surface area contributed by atoms with Crippen molar-refractivity contribution in [2.45, 2.75) is 13.3 Å². The van der Waals surface area contributed by atoms with Crippen LogP contribution in [0.3, 0.4) is 0 Å². The average molecular weight is 411 g/mol. The highest BCUT2D eigenvalue weighted by atomic mass is 127. The molecule has 1 aliphatic rings. The maximum absolute atomic E-state index is 12.0. The molecule has 1 fully saturated rings. The number of nitrogens with zero attached hydrogens (tertiary/aromatic N) is 2. The van der Waals surface area contributed by atoms with Gasteiger partial charge in [-0.25, -0.2) is 4.98 Å². The normalized spacial score (nSPS) is 19.0. The van der Waals surface area contributed by atoms with Crippen molar-refractivity contribution < 1.29 is 9.59 Å². The van der Waals surface area contributed by atoms with E-state index in [1.807, 2.05) is 0 Å². The molecule has 0 saturated carbocycles. The molecule has 0 spiro atoms. The Morgan fingerprint density at radius 3 is 3.05 bits per heavy atom. The molecule has 2 heterocycles. The van der Waals surface area contributed by atoms with Crippen LogP contribution in [-0.4, -0.2) is 28.3 Å². The summed E-state index contributed by atoms with van der Waals surface area (Å²) >= 11 is 9.41. The number of carbonyl (C=O) groups excluding carboxylic acids is 2. The van der Waals surface area contributed by atoms with E-state index in [-0.39, 0.29) is 16.9 Å². The molecule has 7 heteroatoms. The first-order valence-corrected chi connectivity index (χ1v) is 8.16. The molecule has 0 bridgehead atoms. The third kappa shape index (κ3) is 3.82. The second-order valence-corrected chi connectivity index (χ2v) is 7.10. The molecule has 0 radical (unpaired) electrons. The number of pyridine rings is 1. The molecule has 1 atom stereocenters. The first kappa shape index (κ1) is 15.1. The fourth-order valence-corrected chi connectivity index (χ4v) is 3.04. The molecular formula is C12H12ClIN2O2S. The Balaban J connectivity index is 2.07. The van der Waals surface area contributed by atoms with E-state index in [4.69, 9.17) is 11.6 Å². The lowest BCUT2D eigenvalue weighted by molar-refractivity contribution is -0.117. The van der Waals surface area contributed by atoms with E-state index < -0.39 is 0 Å². The predicted octanol–water partition coefficient (Wildman–Crippen LogP) is 2.97. The topological polar surface area (TPSA) is 50.3 Å². The summed E-state index contributed by atoms with van der Waals surface area (Å²) in [5, 5.41) is 0.682. The highest BCUT2D eigenvalue weighted by Gasteiger charge is 2.31. The summed E-state index contributed by atoms with van der Waals surface area (Å²) in [5.74, 6) is 1.50. The van der Waals surface area contributed by atoms with Crippen molar-refractivity contribution in [2.24, 2.45) is 5.92 Å². The fourth-order valence-electron chi connectivity index (χ4n) is 1.90. The van der Waals surface area contributed by atoms with Crippen molar-refractivity contribution in [2.75, 3.05) is 17.2 Å². The molecule has 1 amide bonds. The number of rotatable bonds is 3. The first-order chi connectivity index (χ1) is 8.97. The number of carbonyl (C=O) groups is 2. The summed E-state index contributed by atoms with van der Waals surface area (Å²) in [6.07, 6.45) is 2.12. The molecule has 1 unspecified atom stereocenters. The van der Waals surface area contributed by atoms with Crippen LogP contribution in [0.1, 0.15) is 13.3 Å². The Bertz CT molecular complexity index is 526. The maximum Gasteiger partial charge on any atom is 0.228 e. The van der Waals surface area contributed by atoms with Gasteiger partial charge >= 0.3 is 0 Å². The van der Waals surface area contributed by atoms with Crippen LogP contribution < -0.4 is 4.90 Å². The van der Waals surface area contributed by atoms with Gasteiger partial charge in [-0.3, -0.25) is 14.5 Å². The van der Waals surface area contributed by atoms with Crippen molar-refractivity contribution in [3.63, 3.8) is 0 Å². The molecular weight excluding hydrogens is 399 g/mol. The highest BCUT2D eigenvalue weighted by molar-refractivity contribution is 14.1. The Morgan fingerprint density at radius 2 is 2.42 bits per heavy atom. The largest absolute Gasteiger partial charge is 0.296 e. The minimum absolute atomic E-state index is 0.0407. The van der Waals surface area contributed by atoms with Crippen LogP contribution in [0, 0.1) is 9.49 Å². The van der Waals surface area contributed by atoms with Crippen LogP contribution in [0.25, 0.3) is 0 Å². The first-order valence-electron chi connectivity index (χ1n) is 5.72. The summed E-state index contributed by atoms with van der Waals surface area (Å²) in [6.45, 7) is 2.14. The monoisotopic (exact) mass is 410 g/mol. The Morgan fingerprint density at radius 1 is 1.68 bits per heavy atom. The van der Waals surface area contributed by atoms with Crippen molar-refractivity contribution in [1.82, 2.24) is 4.98 Å². The molecule has 1 aromatic rings. The summed E-state index contributed by atoms with van der Waals surface area (Å²) in [7, 11) is 0. The quantitative estimate of drug-likeness (QED) is 0.719. The molecule has 0 aromatic carbocycles. The Kier molecular flexibility index (Phi) is 5.08. The van der Waals surface area contributed by atoms with Gasteiger partial charge < -0.3 is 0 Å². The summed E-state index contributed by atoms with van der Waals surface area (Å²) < 4.78 is 0.860. The van der Waals surface area contributed by atoms with Crippen LogP contribution in [0.2, 0.25) is 5.02 Å². The van der Waals surface area contributed by atoms with Gasteiger partial charge in [0.1, 0.15) is 5.82 Å². The second-order valence-electron chi connectivity index (χ2n) is 4.33. The lowest BCUT2D eigenvalue weighted by Crippen LogP contribution is -2.25. The van der Waals surface area contributed by atoms with E-state index in [1.165, 1.54) is 11.8 Å². The summed E-state index contributed by atoms with van der Waals surface area (Å²) in [5.41, 5.74) is 0. The van der Waals surface area contributed by atoms with Crippen molar-refractivity contribution >= 4 is 62.8 Å². The van der Waals surface area contributed by atoms with E-state index >= 15 is 0 Å². The smallest absolute Gasteiger partial charge is 0.228 e. The lowest BCUT2D eigenvalue weighted by Gasteiger charge is -2.15. The van der Waals surface area contributed by atoms with Crippen LogP contribution >= 0.6 is 46.0 Å². The molecule has 1 saturated heterocycles. The summed E-state index contributed by atoms with van der Waals surface area (Å²) in [4.78, 5) is 28.8. The van der Waals surface area contributed by atoms with Crippen molar-refractivity contribution in [3.05, 3.63) is 20.9 Å². The van der Waals surface area contributed by atoms with Crippen LogP contribution in [0.15, 0.2) is 12.3 Å². The number of amides is 1. The number of halogens is 2. The zero-order chi connectivity index (χ0) is 14.0. The minimum atomic E-state index is 0.0407. The summed E-state index contributed by atoms with van der Waals surface area (Å²) in [6, 6.07) is 1.71. The Hall–Kier alpha value is -0.340. The molecule has 0 aliphatic carbocycles. The van der Waals surface area contributed by atoms with E-state index in [0.29, 0.717) is 29.6 Å². The zero-order valence-electron chi connectivity index (χ0n) is 10.2. The number of aromatic nitrogens is 1. The van der Waals surface area contributed by atoms with Gasteiger partial charge in [-0.1, -0.05) is 23.4 Å². The van der Waals surface area contributed by atoms with Gasteiger partial charge in [0.15, 0.2) is 5.12 Å². The van der Waals surface area contributed by atoms with E-state index in [1.54, 1.807) is 24.1 Å². The van der Waals surface area contributed by atoms with E-state index in [0.717, 1.165) is 3.57 Å². The number of thioether (sulfide) groups is 1. The molecule has 1 aliphatic heterocycles. The standard InChI is InChI=1S/C12H12ClIN2O2S/c1-7(17)19-6-8-2-12(18)16(5-8)11-3-9(13)10(14)4-15-11/h3-4,8H,2,5-6H2,1H3. The van der Waals surface area contributed by atoms with Gasteiger partial charge in [0.25, 0.3) is 0 Å². The minimum Gasteiger partial charge on any atom is -0.296 e. The highest BCUT2D eigenvalue weighted by Crippen LogP contribution is 2.29. The molecule has 19 heavy (non-hydrogen) atoms. The van der Waals surface area contributed by atoms with Crippen LogP contribution in [0.5, 0.6) is 0 Å². The van der Waals surface area contributed by atoms with Gasteiger partial charge in [0, 0.05) is 37.9 Å². The van der Waals surface area contributed by atoms with Gasteiger partial charge in [-0.2, -0.15) is 0 Å². The molecule has 1 aromatic heterocycles. The second kappa shape index (κ2) is 6.41. The van der Waals surface area contributed by atoms with Crippen LogP contribution in [-0.2, 0) is 9.59 Å². The molecule has 102 valence electrons.